The van der Waals surface area contributed by atoms with E-state index in [-0.39, 0.29) is 0 Å². The molecule has 0 atom stereocenters. The summed E-state index contributed by atoms with van der Waals surface area (Å²) in [5.74, 6) is 0. The summed E-state index contributed by atoms with van der Waals surface area (Å²) < 4.78 is 7.54. The first-order valence-electron chi connectivity index (χ1n) is 9.23. The van der Waals surface area contributed by atoms with Gasteiger partial charge in [-0.05, 0) is 23.1 Å². The molecule has 0 amide bonds. The number of anilines is 1. The molecule has 0 bridgehead atoms. The zero-order valence-corrected chi connectivity index (χ0v) is 17.1. The summed E-state index contributed by atoms with van der Waals surface area (Å²) in [6, 6.07) is 17.6. The first-order chi connectivity index (χ1) is 13.1. The smallest absolute Gasteiger partial charge is 0.179 e. The highest BCUT2D eigenvalue weighted by molar-refractivity contribution is 8.04. The van der Waals surface area contributed by atoms with Gasteiger partial charge >= 0.3 is 0 Å². The van der Waals surface area contributed by atoms with E-state index < -0.39 is 0 Å². The molecule has 0 unspecified atom stereocenters. The third-order valence-electron chi connectivity index (χ3n) is 5.16. The summed E-state index contributed by atoms with van der Waals surface area (Å²) in [5.41, 5.74) is 5.06. The number of methoxy groups -OCH3 is 1. The minimum absolute atomic E-state index is 0.730. The largest absolute Gasteiger partial charge is 0.378 e. The number of aryl methyl sites for hydroxylation is 2. The van der Waals surface area contributed by atoms with E-state index in [9.17, 15) is 0 Å². The summed E-state index contributed by atoms with van der Waals surface area (Å²) >= 11 is 1.84. The first kappa shape index (κ1) is 18.1. The number of hydrogen-bond donors (Lipinski definition) is 0. The monoisotopic (exact) mass is 377 g/mol. The second-order valence-electron chi connectivity index (χ2n) is 6.99. The van der Waals surface area contributed by atoms with Gasteiger partial charge in [0.05, 0.1) is 10.7 Å². The molecule has 2 aromatic carbocycles. The van der Waals surface area contributed by atoms with Gasteiger partial charge in [0.25, 0.3) is 0 Å². The molecule has 4 rings (SSSR count). The Morgan fingerprint density at radius 2 is 1.81 bits per heavy atom. The quantitative estimate of drug-likeness (QED) is 0.600. The molecule has 0 radical (unpaired) electrons. The molecule has 3 nitrogen and oxygen atoms in total. The van der Waals surface area contributed by atoms with Gasteiger partial charge in [0, 0.05) is 50.4 Å². The van der Waals surface area contributed by atoms with Crippen LogP contribution in [0.4, 0.5) is 5.69 Å². The molecular weight excluding hydrogens is 352 g/mol. The Morgan fingerprint density at radius 1 is 1.07 bits per heavy atom. The fourth-order valence-corrected chi connectivity index (χ4v) is 4.93. The Morgan fingerprint density at radius 3 is 2.56 bits per heavy atom. The summed E-state index contributed by atoms with van der Waals surface area (Å²) in [7, 11) is 3.91. The zero-order valence-electron chi connectivity index (χ0n) is 16.3. The van der Waals surface area contributed by atoms with Gasteiger partial charge in [-0.1, -0.05) is 42.1 Å². The maximum atomic E-state index is 5.24. The van der Waals surface area contributed by atoms with Crippen molar-refractivity contribution in [2.75, 3.05) is 25.7 Å². The average Bonchev–Trinajstić information content (AvgIpc) is 2.97. The standard InChI is InChI=1S/C23H25N2OS/c1-16-13-18(14-17(2)25(16)11-12-26-4)15-22-24(3)23-20-8-6-5-7-19(20)9-10-21(23)27-22/h5-10,13-15H,11-12H2,1-4H3/q+1. The van der Waals surface area contributed by atoms with E-state index in [1.165, 1.54) is 43.3 Å². The predicted molar refractivity (Wildman–Crippen MR) is 114 cm³/mol. The van der Waals surface area contributed by atoms with E-state index in [4.69, 9.17) is 4.74 Å². The van der Waals surface area contributed by atoms with Crippen molar-refractivity contribution in [1.82, 2.24) is 0 Å². The predicted octanol–water partition coefficient (Wildman–Crippen LogP) is 4.93. The van der Waals surface area contributed by atoms with Crippen LogP contribution in [-0.4, -0.2) is 20.8 Å². The van der Waals surface area contributed by atoms with E-state index in [1.54, 1.807) is 7.11 Å². The molecule has 4 heteroatoms. The number of hydrogen-bond acceptors (Lipinski definition) is 3. The van der Waals surface area contributed by atoms with Crippen LogP contribution in [0.25, 0.3) is 16.8 Å². The second kappa shape index (κ2) is 7.37. The Hall–Kier alpha value is -2.30. The van der Waals surface area contributed by atoms with E-state index in [2.05, 4.69) is 85.0 Å². The maximum absolute atomic E-state index is 5.24. The highest BCUT2D eigenvalue weighted by Crippen LogP contribution is 2.49. The first-order valence-corrected chi connectivity index (χ1v) is 10.0. The Labute approximate surface area is 165 Å². The minimum Gasteiger partial charge on any atom is -0.378 e. The molecule has 0 fully saturated rings. The molecule has 27 heavy (non-hydrogen) atoms. The molecule has 3 aromatic rings. The molecule has 0 saturated carbocycles. The minimum atomic E-state index is 0.730. The summed E-state index contributed by atoms with van der Waals surface area (Å²) in [5, 5.41) is 3.86. The number of fused-ring (bicyclic) bond motifs is 3. The molecule has 0 spiro atoms. The summed E-state index contributed by atoms with van der Waals surface area (Å²) in [4.78, 5) is 3.64. The van der Waals surface area contributed by atoms with Crippen molar-refractivity contribution in [1.29, 1.82) is 0 Å². The topological polar surface area (TPSA) is 16.4 Å². The molecule has 1 aliphatic rings. The molecule has 0 saturated heterocycles. The van der Waals surface area contributed by atoms with Crippen molar-refractivity contribution in [2.45, 2.75) is 25.3 Å². The van der Waals surface area contributed by atoms with Crippen LogP contribution >= 0.6 is 11.8 Å². The van der Waals surface area contributed by atoms with E-state index in [0.717, 1.165) is 13.2 Å². The van der Waals surface area contributed by atoms with Crippen LogP contribution < -0.4 is 9.47 Å². The number of benzene rings is 2. The SMILES string of the molecule is COCC[n+]1c(C)cc(/C=C2\Sc3ccc4ccccc4c3N2C)cc1C. The van der Waals surface area contributed by atoms with Gasteiger partial charge in [-0.25, -0.2) is 0 Å². The lowest BCUT2D eigenvalue weighted by molar-refractivity contribution is -0.709. The highest BCUT2D eigenvalue weighted by atomic mass is 32.2. The summed E-state index contributed by atoms with van der Waals surface area (Å²) in [6.07, 6.45) is 2.29. The fourth-order valence-electron chi connectivity index (χ4n) is 3.80. The van der Waals surface area contributed by atoms with E-state index in [1.807, 2.05) is 11.8 Å². The normalized spacial score (nSPS) is 15.0. The number of aromatic nitrogens is 1. The summed E-state index contributed by atoms with van der Waals surface area (Å²) in [6.45, 7) is 5.95. The lowest BCUT2D eigenvalue weighted by Crippen LogP contribution is -2.42. The Balaban J connectivity index is 1.70. The van der Waals surface area contributed by atoms with E-state index in [0.29, 0.717) is 0 Å². The Bertz CT molecular complexity index is 1020. The van der Waals surface area contributed by atoms with Gasteiger partial charge in [-0.15, -0.1) is 0 Å². The van der Waals surface area contributed by atoms with Crippen LogP contribution in [0, 0.1) is 13.8 Å². The lowest BCUT2D eigenvalue weighted by Gasteiger charge is -2.16. The van der Waals surface area contributed by atoms with Crippen molar-refractivity contribution < 1.29 is 9.30 Å². The van der Waals surface area contributed by atoms with Gasteiger partial charge in [-0.2, -0.15) is 4.57 Å². The van der Waals surface area contributed by atoms with Crippen LogP contribution in [0.1, 0.15) is 17.0 Å². The van der Waals surface area contributed by atoms with E-state index >= 15 is 0 Å². The van der Waals surface area contributed by atoms with Crippen molar-refractivity contribution >= 4 is 34.3 Å². The Kier molecular flexibility index (Phi) is 4.94. The number of thioether (sulfide) groups is 1. The van der Waals surface area contributed by atoms with Crippen LogP contribution in [0.15, 0.2) is 58.5 Å². The number of nitrogens with zero attached hydrogens (tertiary/aromatic N) is 2. The van der Waals surface area contributed by atoms with Crippen molar-refractivity contribution in [3.05, 3.63) is 70.5 Å². The van der Waals surface area contributed by atoms with Crippen molar-refractivity contribution in [3.63, 3.8) is 0 Å². The van der Waals surface area contributed by atoms with Crippen molar-refractivity contribution in [2.24, 2.45) is 0 Å². The van der Waals surface area contributed by atoms with Crippen LogP contribution in [0.2, 0.25) is 0 Å². The van der Waals surface area contributed by atoms with Crippen LogP contribution in [0.3, 0.4) is 0 Å². The second-order valence-corrected chi connectivity index (χ2v) is 8.06. The lowest BCUT2D eigenvalue weighted by atomic mass is 10.1. The van der Waals surface area contributed by atoms with Gasteiger partial charge in [0.15, 0.2) is 17.9 Å². The number of pyridine rings is 1. The van der Waals surface area contributed by atoms with Gasteiger partial charge in [0.2, 0.25) is 0 Å². The number of ether oxygens (including phenoxy) is 1. The third-order valence-corrected chi connectivity index (χ3v) is 6.31. The maximum Gasteiger partial charge on any atom is 0.179 e. The zero-order chi connectivity index (χ0) is 19.0. The number of rotatable bonds is 4. The fraction of sp³-hybridized carbons (Fsp3) is 0.261. The molecule has 2 heterocycles. The van der Waals surface area contributed by atoms with Gasteiger partial charge in [0.1, 0.15) is 6.61 Å². The van der Waals surface area contributed by atoms with Gasteiger partial charge < -0.3 is 9.64 Å². The molecule has 1 aromatic heterocycles. The van der Waals surface area contributed by atoms with Crippen LogP contribution in [0.5, 0.6) is 0 Å². The van der Waals surface area contributed by atoms with Crippen LogP contribution in [-0.2, 0) is 11.3 Å². The molecular formula is C23H25N2OS+. The third kappa shape index (κ3) is 3.35. The molecule has 0 N–H and O–H groups in total. The molecule has 1 aliphatic heterocycles. The van der Waals surface area contributed by atoms with Crippen molar-refractivity contribution in [3.8, 4) is 0 Å². The average molecular weight is 378 g/mol. The molecule has 0 aliphatic carbocycles. The highest BCUT2D eigenvalue weighted by Gasteiger charge is 2.24. The molecule has 138 valence electrons. The van der Waals surface area contributed by atoms with Gasteiger partial charge in [-0.3, -0.25) is 0 Å².